The summed E-state index contributed by atoms with van der Waals surface area (Å²) < 4.78 is 9.32. The Morgan fingerprint density at radius 2 is 1.09 bits per heavy atom. The lowest BCUT2D eigenvalue weighted by Crippen LogP contribution is -2.34. The molecule has 0 unspecified atom stereocenters. The van der Waals surface area contributed by atoms with Crippen molar-refractivity contribution in [3.8, 4) is 28.4 Å². The zero-order chi connectivity index (χ0) is 45.2. The normalized spacial score (nSPS) is 13.8. The van der Waals surface area contributed by atoms with E-state index in [1.807, 2.05) is 6.20 Å². The molecule has 0 aliphatic carbocycles. The number of pyridine rings is 1. The second-order valence-electron chi connectivity index (χ2n) is 21.2. The number of ether oxygens (including phenoxy) is 1. The summed E-state index contributed by atoms with van der Waals surface area (Å²) in [6, 6.07) is 54.8. The summed E-state index contributed by atoms with van der Waals surface area (Å²) >= 11 is 0. The number of rotatable bonds is 8. The van der Waals surface area contributed by atoms with Crippen LogP contribution in [-0.2, 0) is 21.7 Å². The van der Waals surface area contributed by atoms with Crippen molar-refractivity contribution in [2.24, 2.45) is 0 Å². The van der Waals surface area contributed by atoms with Gasteiger partial charge in [-0.25, -0.2) is 4.98 Å². The summed E-state index contributed by atoms with van der Waals surface area (Å²) in [6.45, 7) is 25.9. The largest absolute Gasteiger partial charge is 0.457 e. The second-order valence-corrected chi connectivity index (χ2v) is 21.2. The standard InChI is InChI=1S/C59H62N4O/c1-56(2,3)43-28-29-60-55(35-43)63-52-25-19-18-24-50(52)51-27-26-48(37-53(51)63)64-49-31-41(40-20-14-12-15-21-40)30-47(36-49)62-39-61(38-54(62)59(10,11)42-22-16-13-17-23-42)46-33-44(57(4,5)6)32-45(34-46)58(7,8)9/h12-38H,39H2,1-11H3. The van der Waals surface area contributed by atoms with Gasteiger partial charge in [-0.1, -0.05) is 161 Å². The molecule has 0 saturated heterocycles. The molecule has 5 heteroatoms. The number of para-hydroxylation sites is 1. The van der Waals surface area contributed by atoms with Crippen LogP contribution >= 0.6 is 0 Å². The molecule has 6 aromatic carbocycles. The minimum Gasteiger partial charge on any atom is -0.457 e. The van der Waals surface area contributed by atoms with E-state index < -0.39 is 0 Å². The molecule has 0 N–H and O–H groups in total. The highest BCUT2D eigenvalue weighted by Gasteiger charge is 2.37. The van der Waals surface area contributed by atoms with Crippen molar-refractivity contribution in [3.05, 3.63) is 192 Å². The molecule has 0 saturated carbocycles. The Balaban J connectivity index is 1.19. The van der Waals surface area contributed by atoms with E-state index in [9.17, 15) is 0 Å². The van der Waals surface area contributed by atoms with Crippen molar-refractivity contribution in [1.82, 2.24) is 9.55 Å². The summed E-state index contributed by atoms with van der Waals surface area (Å²) in [5, 5.41) is 2.34. The van der Waals surface area contributed by atoms with Gasteiger partial charge in [0.15, 0.2) is 0 Å². The van der Waals surface area contributed by atoms with Crippen molar-refractivity contribution in [1.29, 1.82) is 0 Å². The number of anilines is 2. The topological polar surface area (TPSA) is 33.5 Å². The van der Waals surface area contributed by atoms with Crippen LogP contribution in [0.25, 0.3) is 38.8 Å². The van der Waals surface area contributed by atoms with Crippen molar-refractivity contribution in [3.63, 3.8) is 0 Å². The number of nitrogens with zero attached hydrogens (tertiary/aromatic N) is 4. The molecule has 9 rings (SSSR count). The lowest BCUT2D eigenvalue weighted by molar-refractivity contribution is 0.483. The molecule has 5 nitrogen and oxygen atoms in total. The molecular weight excluding hydrogens is 781 g/mol. The summed E-state index contributed by atoms with van der Waals surface area (Å²) in [6.07, 6.45) is 4.31. The van der Waals surface area contributed by atoms with Crippen LogP contribution < -0.4 is 14.5 Å². The first kappa shape index (κ1) is 42.7. The van der Waals surface area contributed by atoms with E-state index in [2.05, 4.69) is 248 Å². The van der Waals surface area contributed by atoms with Crippen LogP contribution in [0.15, 0.2) is 170 Å². The SMILES string of the molecule is CC(C)(C)c1cc(N2C=C(C(C)(C)c3ccccc3)N(c3cc(Oc4ccc5c6ccccc6n(-c6cc(C(C)(C)C)ccn6)c5c4)cc(-c4ccccc4)c3)C2)cc(C(C)(C)C)c1. The molecule has 1 aliphatic rings. The van der Waals surface area contributed by atoms with Gasteiger partial charge in [0.25, 0.3) is 0 Å². The Morgan fingerprint density at radius 3 is 1.77 bits per heavy atom. The van der Waals surface area contributed by atoms with E-state index >= 15 is 0 Å². The number of allylic oxidation sites excluding steroid dienone is 1. The van der Waals surface area contributed by atoms with Crippen molar-refractivity contribution in [2.45, 2.75) is 97.8 Å². The monoisotopic (exact) mass is 842 g/mol. The van der Waals surface area contributed by atoms with Gasteiger partial charge in [0, 0.05) is 57.8 Å². The number of hydrogen-bond acceptors (Lipinski definition) is 4. The molecule has 0 radical (unpaired) electrons. The van der Waals surface area contributed by atoms with Crippen LogP contribution in [0.4, 0.5) is 11.4 Å². The highest BCUT2D eigenvalue weighted by molar-refractivity contribution is 6.09. The zero-order valence-corrected chi connectivity index (χ0v) is 39.5. The molecular formula is C59H62N4O. The molecule has 3 heterocycles. The fourth-order valence-electron chi connectivity index (χ4n) is 9.01. The van der Waals surface area contributed by atoms with E-state index in [0.717, 1.165) is 50.6 Å². The van der Waals surface area contributed by atoms with Crippen molar-refractivity contribution in [2.75, 3.05) is 16.5 Å². The summed E-state index contributed by atoms with van der Waals surface area (Å²) in [7, 11) is 0. The van der Waals surface area contributed by atoms with Crippen LogP contribution in [-0.4, -0.2) is 16.2 Å². The maximum atomic E-state index is 7.04. The Bertz CT molecular complexity index is 2990. The number of hydrogen-bond donors (Lipinski definition) is 0. The van der Waals surface area contributed by atoms with Gasteiger partial charge < -0.3 is 14.5 Å². The first-order valence-electron chi connectivity index (χ1n) is 22.7. The lowest BCUT2D eigenvalue weighted by atomic mass is 9.80. The molecule has 0 spiro atoms. The average molecular weight is 843 g/mol. The van der Waals surface area contributed by atoms with Crippen molar-refractivity contribution < 1.29 is 4.74 Å². The summed E-state index contributed by atoms with van der Waals surface area (Å²) in [5.74, 6) is 2.42. The highest BCUT2D eigenvalue weighted by Crippen LogP contribution is 2.45. The van der Waals surface area contributed by atoms with Crippen LogP contribution in [0.1, 0.15) is 98.4 Å². The Labute approximate surface area is 380 Å². The van der Waals surface area contributed by atoms with E-state index in [-0.39, 0.29) is 21.7 Å². The van der Waals surface area contributed by atoms with E-state index in [1.165, 1.54) is 39.0 Å². The molecule has 0 atom stereocenters. The number of fused-ring (bicyclic) bond motifs is 3. The predicted octanol–water partition coefficient (Wildman–Crippen LogP) is 15.6. The molecule has 1 aliphatic heterocycles. The molecule has 0 amide bonds. The Kier molecular flexibility index (Phi) is 10.6. The van der Waals surface area contributed by atoms with Gasteiger partial charge in [-0.2, -0.15) is 0 Å². The van der Waals surface area contributed by atoms with Crippen LogP contribution in [0.3, 0.4) is 0 Å². The van der Waals surface area contributed by atoms with E-state index in [4.69, 9.17) is 9.72 Å². The van der Waals surface area contributed by atoms with Gasteiger partial charge in [-0.05, 0) is 104 Å². The van der Waals surface area contributed by atoms with Gasteiger partial charge in [-0.15, -0.1) is 0 Å². The van der Waals surface area contributed by atoms with Gasteiger partial charge in [0.05, 0.1) is 17.7 Å². The molecule has 64 heavy (non-hydrogen) atoms. The lowest BCUT2D eigenvalue weighted by Gasteiger charge is -2.34. The molecule has 0 fully saturated rings. The van der Waals surface area contributed by atoms with Crippen molar-refractivity contribution >= 4 is 33.2 Å². The second kappa shape index (κ2) is 15.9. The van der Waals surface area contributed by atoms with Gasteiger partial charge in [-0.3, -0.25) is 4.57 Å². The Morgan fingerprint density at radius 1 is 0.469 bits per heavy atom. The van der Waals surface area contributed by atoms with Gasteiger partial charge >= 0.3 is 0 Å². The predicted molar refractivity (Wildman–Crippen MR) is 270 cm³/mol. The third-order valence-corrected chi connectivity index (χ3v) is 13.0. The number of benzene rings is 6. The minimum atomic E-state index is -0.328. The molecule has 0 bridgehead atoms. The van der Waals surface area contributed by atoms with Crippen LogP contribution in [0, 0.1) is 0 Å². The van der Waals surface area contributed by atoms with Crippen LogP contribution in [0.2, 0.25) is 0 Å². The van der Waals surface area contributed by atoms with Crippen LogP contribution in [0.5, 0.6) is 11.5 Å². The maximum absolute atomic E-state index is 7.04. The maximum Gasteiger partial charge on any atom is 0.137 e. The zero-order valence-electron chi connectivity index (χ0n) is 39.5. The Hall–Kier alpha value is -6.59. The third kappa shape index (κ3) is 8.20. The minimum absolute atomic E-state index is 0.00805. The third-order valence-electron chi connectivity index (χ3n) is 13.0. The summed E-state index contributed by atoms with van der Waals surface area (Å²) in [4.78, 5) is 9.86. The quantitative estimate of drug-likeness (QED) is 0.153. The fourth-order valence-corrected chi connectivity index (χ4v) is 9.01. The average Bonchev–Trinajstić information content (AvgIpc) is 3.87. The smallest absolute Gasteiger partial charge is 0.137 e. The van der Waals surface area contributed by atoms with Gasteiger partial charge in [0.1, 0.15) is 17.3 Å². The molecule has 8 aromatic rings. The summed E-state index contributed by atoms with van der Waals surface area (Å²) in [5.41, 5.74) is 12.7. The molecule has 2 aromatic heterocycles. The first-order chi connectivity index (χ1) is 30.3. The van der Waals surface area contributed by atoms with E-state index in [1.54, 1.807) is 0 Å². The van der Waals surface area contributed by atoms with Gasteiger partial charge in [0.2, 0.25) is 0 Å². The fraction of sp³-hybridized carbons (Fsp3) is 0.271. The highest BCUT2D eigenvalue weighted by atomic mass is 16.5. The van der Waals surface area contributed by atoms with E-state index in [0.29, 0.717) is 6.67 Å². The first-order valence-corrected chi connectivity index (χ1v) is 22.7. The molecule has 324 valence electrons. The number of aromatic nitrogens is 2.